The van der Waals surface area contributed by atoms with Crippen LogP contribution in [0.25, 0.3) is 5.31 Å². The van der Waals surface area contributed by atoms with Crippen LogP contribution in [0, 0.1) is 16.5 Å². The smallest absolute Gasteiger partial charge is 0.0967 e. The Balaban J connectivity index is 2.39. The normalized spacial score (nSPS) is 20.0. The molecule has 0 radical (unpaired) electrons. The fourth-order valence-electron chi connectivity index (χ4n) is 1.82. The van der Waals surface area contributed by atoms with E-state index >= 15 is 0 Å². The first-order valence-electron chi connectivity index (χ1n) is 5.06. The Kier molecular flexibility index (Phi) is 2.41. The summed E-state index contributed by atoms with van der Waals surface area (Å²) in [5, 5.41) is 11.8. The summed E-state index contributed by atoms with van der Waals surface area (Å²) in [7, 11) is -0.601. The largest absolute Gasteiger partial charge is 0.193 e. The van der Waals surface area contributed by atoms with E-state index in [0.29, 0.717) is 0 Å². The second-order valence-corrected chi connectivity index (χ2v) is 6.51. The Bertz CT molecular complexity index is 446. The number of hydrogen-bond donors (Lipinski definition) is 0. The molecular formula is C13H14NP. The maximum Gasteiger partial charge on any atom is 0.0967 e. The van der Waals surface area contributed by atoms with Gasteiger partial charge in [-0.3, -0.25) is 0 Å². The van der Waals surface area contributed by atoms with Gasteiger partial charge in [0.2, 0.25) is 0 Å². The van der Waals surface area contributed by atoms with E-state index in [1.54, 1.807) is 0 Å². The third-order valence-electron chi connectivity index (χ3n) is 2.48. The molecule has 0 N–H and O–H groups in total. The molecule has 0 bridgehead atoms. The Morgan fingerprint density at radius 2 is 1.73 bits per heavy atom. The van der Waals surface area contributed by atoms with Gasteiger partial charge in [-0.15, -0.1) is 0 Å². The van der Waals surface area contributed by atoms with Crippen LogP contribution >= 0.6 is 7.92 Å². The van der Waals surface area contributed by atoms with Gasteiger partial charge in [-0.05, 0) is 16.3 Å². The van der Waals surface area contributed by atoms with Crippen LogP contribution in [0.4, 0.5) is 0 Å². The monoisotopic (exact) mass is 215 g/mol. The van der Waals surface area contributed by atoms with Gasteiger partial charge in [0.25, 0.3) is 0 Å². The molecule has 1 aromatic rings. The number of nitrogens with zero attached hydrogens (tertiary/aromatic N) is 1. The molecular weight excluding hydrogens is 201 g/mol. The van der Waals surface area contributed by atoms with Crippen molar-refractivity contribution in [3.05, 3.63) is 41.2 Å². The van der Waals surface area contributed by atoms with E-state index in [2.05, 4.69) is 38.7 Å². The highest BCUT2D eigenvalue weighted by Gasteiger charge is 2.44. The Morgan fingerprint density at radius 3 is 2.13 bits per heavy atom. The SMILES string of the molecule is CC(C)(C)C1=C(c2ccccc2)P1C#N. The van der Waals surface area contributed by atoms with Crippen LogP contribution in [0.15, 0.2) is 35.6 Å². The molecule has 0 spiro atoms. The quantitative estimate of drug-likeness (QED) is 0.638. The first kappa shape index (κ1) is 10.4. The van der Waals surface area contributed by atoms with Crippen molar-refractivity contribution in [1.29, 1.82) is 5.26 Å². The second-order valence-electron chi connectivity index (χ2n) is 4.75. The summed E-state index contributed by atoms with van der Waals surface area (Å²) < 4.78 is 0. The molecule has 1 heterocycles. The van der Waals surface area contributed by atoms with E-state index < -0.39 is 7.92 Å². The van der Waals surface area contributed by atoms with Gasteiger partial charge >= 0.3 is 0 Å². The molecule has 0 saturated carbocycles. The molecule has 15 heavy (non-hydrogen) atoms. The highest BCUT2D eigenvalue weighted by Crippen LogP contribution is 2.78. The minimum Gasteiger partial charge on any atom is -0.193 e. The molecule has 0 fully saturated rings. The molecule has 0 aromatic heterocycles. The van der Waals surface area contributed by atoms with Gasteiger partial charge in [-0.25, -0.2) is 0 Å². The van der Waals surface area contributed by atoms with Gasteiger partial charge in [0, 0.05) is 5.31 Å². The number of allylic oxidation sites excluding steroid dienone is 1. The molecule has 0 saturated heterocycles. The van der Waals surface area contributed by atoms with Crippen molar-refractivity contribution < 1.29 is 0 Å². The average molecular weight is 215 g/mol. The van der Waals surface area contributed by atoms with Gasteiger partial charge in [0.1, 0.15) is 0 Å². The Morgan fingerprint density at radius 1 is 1.13 bits per heavy atom. The van der Waals surface area contributed by atoms with Crippen LogP contribution in [0.3, 0.4) is 0 Å². The molecule has 2 rings (SSSR count). The van der Waals surface area contributed by atoms with Crippen molar-refractivity contribution in [2.45, 2.75) is 20.8 Å². The van der Waals surface area contributed by atoms with E-state index in [1.165, 1.54) is 16.2 Å². The van der Waals surface area contributed by atoms with Gasteiger partial charge in [0.05, 0.1) is 13.7 Å². The van der Waals surface area contributed by atoms with E-state index in [-0.39, 0.29) is 5.41 Å². The summed E-state index contributed by atoms with van der Waals surface area (Å²) in [6.45, 7) is 6.56. The Hall–Kier alpha value is -1.12. The second kappa shape index (κ2) is 3.47. The maximum atomic E-state index is 9.11. The minimum absolute atomic E-state index is 0.145. The molecule has 0 amide bonds. The van der Waals surface area contributed by atoms with Crippen LogP contribution in [-0.2, 0) is 0 Å². The van der Waals surface area contributed by atoms with Crippen molar-refractivity contribution in [3.63, 3.8) is 0 Å². The molecule has 1 aliphatic rings. The lowest BCUT2D eigenvalue weighted by Crippen LogP contribution is -2.00. The van der Waals surface area contributed by atoms with Crippen molar-refractivity contribution in [3.8, 4) is 5.81 Å². The summed E-state index contributed by atoms with van der Waals surface area (Å²) >= 11 is 0. The summed E-state index contributed by atoms with van der Waals surface area (Å²) in [5.74, 6) is 2.43. The zero-order valence-electron chi connectivity index (χ0n) is 9.28. The first-order valence-corrected chi connectivity index (χ1v) is 6.40. The van der Waals surface area contributed by atoms with Crippen molar-refractivity contribution >= 4 is 13.2 Å². The fourth-order valence-corrected chi connectivity index (χ4v) is 4.04. The first-order chi connectivity index (χ1) is 7.05. The summed E-state index contributed by atoms with van der Waals surface area (Å²) in [5.41, 5.74) is 1.38. The highest BCUT2D eigenvalue weighted by atomic mass is 31.1. The number of benzene rings is 1. The molecule has 0 aliphatic carbocycles. The zero-order chi connectivity index (χ0) is 11.1. The van der Waals surface area contributed by atoms with Gasteiger partial charge in [-0.1, -0.05) is 51.1 Å². The van der Waals surface area contributed by atoms with Crippen LogP contribution in [0.5, 0.6) is 0 Å². The lowest BCUT2D eigenvalue weighted by atomic mass is 9.95. The molecule has 76 valence electrons. The Labute approximate surface area is 92.2 Å². The predicted octanol–water partition coefficient (Wildman–Crippen LogP) is 4.38. The average Bonchev–Trinajstić information content (AvgIpc) is 2.92. The van der Waals surface area contributed by atoms with E-state index in [0.717, 1.165) is 0 Å². The third kappa shape index (κ3) is 1.83. The van der Waals surface area contributed by atoms with E-state index in [4.69, 9.17) is 5.26 Å². The fraction of sp³-hybridized carbons (Fsp3) is 0.308. The van der Waals surface area contributed by atoms with E-state index in [9.17, 15) is 0 Å². The molecule has 1 nitrogen and oxygen atoms in total. The van der Waals surface area contributed by atoms with Crippen LogP contribution in [0.2, 0.25) is 0 Å². The maximum absolute atomic E-state index is 9.11. The van der Waals surface area contributed by atoms with Crippen LogP contribution < -0.4 is 0 Å². The minimum atomic E-state index is -0.601. The van der Waals surface area contributed by atoms with Crippen molar-refractivity contribution in [1.82, 2.24) is 0 Å². The van der Waals surface area contributed by atoms with Gasteiger partial charge in [-0.2, -0.15) is 5.26 Å². The lowest BCUT2D eigenvalue weighted by Gasteiger charge is -2.12. The molecule has 1 unspecified atom stereocenters. The summed E-state index contributed by atoms with van der Waals surface area (Å²) in [6, 6.07) is 10.3. The number of nitriles is 1. The number of hydrogen-bond acceptors (Lipinski definition) is 1. The van der Waals surface area contributed by atoms with E-state index in [1.807, 2.05) is 18.2 Å². The van der Waals surface area contributed by atoms with Crippen molar-refractivity contribution in [2.24, 2.45) is 5.41 Å². The molecule has 2 heteroatoms. The van der Waals surface area contributed by atoms with Crippen LogP contribution in [0.1, 0.15) is 26.3 Å². The number of rotatable bonds is 1. The molecule has 1 atom stereocenters. The molecule has 1 aliphatic heterocycles. The lowest BCUT2D eigenvalue weighted by molar-refractivity contribution is 0.540. The summed E-state index contributed by atoms with van der Waals surface area (Å²) in [4.78, 5) is 0. The highest BCUT2D eigenvalue weighted by molar-refractivity contribution is 7.85. The predicted molar refractivity (Wildman–Crippen MR) is 65.4 cm³/mol. The van der Waals surface area contributed by atoms with Crippen LogP contribution in [-0.4, -0.2) is 0 Å². The standard InChI is InChI=1S/C13H14NP/c1-13(2,3)12-11(15(12)9-14)10-7-5-4-6-8-10/h4-8H,1-3H3. The van der Waals surface area contributed by atoms with Crippen molar-refractivity contribution in [2.75, 3.05) is 0 Å². The van der Waals surface area contributed by atoms with Gasteiger partial charge in [0.15, 0.2) is 0 Å². The topological polar surface area (TPSA) is 23.8 Å². The summed E-state index contributed by atoms with van der Waals surface area (Å²) in [6.07, 6.45) is 0. The molecule has 1 aromatic carbocycles. The third-order valence-corrected chi connectivity index (χ3v) is 4.73. The zero-order valence-corrected chi connectivity index (χ0v) is 10.2. The van der Waals surface area contributed by atoms with Gasteiger partial charge < -0.3 is 0 Å².